The predicted molar refractivity (Wildman–Crippen MR) is 106 cm³/mol. The van der Waals surface area contributed by atoms with Crippen molar-refractivity contribution >= 4 is 57.5 Å². The van der Waals surface area contributed by atoms with E-state index < -0.39 is 23.7 Å². The van der Waals surface area contributed by atoms with Crippen LogP contribution in [0.4, 0.5) is 4.79 Å². The molecule has 1 fully saturated rings. The van der Waals surface area contributed by atoms with Gasteiger partial charge in [0.2, 0.25) is 0 Å². The van der Waals surface area contributed by atoms with Crippen LogP contribution >= 0.6 is 34.4 Å². The lowest BCUT2D eigenvalue weighted by atomic mass is 10.2. The number of phenols is 1. The summed E-state index contributed by atoms with van der Waals surface area (Å²) in [5, 5.41) is 9.45. The molecule has 0 spiro atoms. The van der Waals surface area contributed by atoms with E-state index in [1.807, 2.05) is 22.6 Å². The minimum atomic E-state index is -0.638. The summed E-state index contributed by atoms with van der Waals surface area (Å²) in [4.78, 5) is 37.3. The first-order valence-corrected chi connectivity index (χ1v) is 9.72. The molecular formula is C17H18INO6S. The van der Waals surface area contributed by atoms with Crippen molar-refractivity contribution in [1.29, 1.82) is 0 Å². The van der Waals surface area contributed by atoms with E-state index in [9.17, 15) is 19.5 Å². The largest absolute Gasteiger partial charge is 0.504 e. The lowest BCUT2D eigenvalue weighted by molar-refractivity contribution is -0.149. The summed E-state index contributed by atoms with van der Waals surface area (Å²) in [5.74, 6) is -0.873. The van der Waals surface area contributed by atoms with Gasteiger partial charge in [-0.1, -0.05) is 0 Å². The van der Waals surface area contributed by atoms with Crippen molar-refractivity contribution in [1.82, 2.24) is 4.90 Å². The van der Waals surface area contributed by atoms with Crippen molar-refractivity contribution in [2.75, 3.05) is 13.2 Å². The van der Waals surface area contributed by atoms with Crippen LogP contribution in [0, 0.1) is 3.57 Å². The maximum atomic E-state index is 12.4. The molecule has 2 amide bonds. The van der Waals surface area contributed by atoms with Crippen molar-refractivity contribution in [2.45, 2.75) is 26.9 Å². The molecule has 0 aromatic heterocycles. The van der Waals surface area contributed by atoms with Crippen LogP contribution in [0.2, 0.25) is 0 Å². The summed E-state index contributed by atoms with van der Waals surface area (Å²) in [6.45, 7) is 5.13. The zero-order valence-electron chi connectivity index (χ0n) is 14.4. The molecule has 0 atom stereocenters. The molecule has 0 unspecified atom stereocenters. The van der Waals surface area contributed by atoms with Gasteiger partial charge in [0.1, 0.15) is 6.54 Å². The fourth-order valence-electron chi connectivity index (χ4n) is 2.16. The Morgan fingerprint density at radius 2 is 2.08 bits per heavy atom. The summed E-state index contributed by atoms with van der Waals surface area (Å²) in [7, 11) is 0. The highest BCUT2D eigenvalue weighted by Crippen LogP contribution is 2.36. The Kier molecular flexibility index (Phi) is 6.93. The molecule has 9 heteroatoms. The van der Waals surface area contributed by atoms with Crippen LogP contribution in [0.5, 0.6) is 11.5 Å². The molecule has 1 aromatic carbocycles. The SMILES string of the molecule is CCOc1cc(/C=C2/SC(=O)N(CC(=O)OC(C)C)C2=O)cc(I)c1O. The summed E-state index contributed by atoms with van der Waals surface area (Å²) < 4.78 is 10.9. The van der Waals surface area contributed by atoms with Crippen LogP contribution in [-0.4, -0.2) is 46.4 Å². The Morgan fingerprint density at radius 3 is 2.69 bits per heavy atom. The second kappa shape index (κ2) is 8.76. The van der Waals surface area contributed by atoms with E-state index in [4.69, 9.17) is 9.47 Å². The van der Waals surface area contributed by atoms with Crippen LogP contribution in [0.15, 0.2) is 17.0 Å². The number of halogens is 1. The highest BCUT2D eigenvalue weighted by Gasteiger charge is 2.36. The monoisotopic (exact) mass is 491 g/mol. The quantitative estimate of drug-likeness (QED) is 0.371. The number of imide groups is 1. The molecule has 1 aromatic rings. The summed E-state index contributed by atoms with van der Waals surface area (Å²) >= 11 is 2.70. The number of thioether (sulfide) groups is 1. The number of benzene rings is 1. The number of amides is 2. The van der Waals surface area contributed by atoms with Crippen LogP contribution in [0.1, 0.15) is 26.3 Å². The smallest absolute Gasteiger partial charge is 0.326 e. The van der Waals surface area contributed by atoms with Gasteiger partial charge >= 0.3 is 5.97 Å². The molecule has 2 rings (SSSR count). The van der Waals surface area contributed by atoms with Crippen LogP contribution in [-0.2, 0) is 14.3 Å². The lowest BCUT2D eigenvalue weighted by Crippen LogP contribution is -2.35. The first-order chi connectivity index (χ1) is 12.2. The third kappa shape index (κ3) is 4.91. The number of aromatic hydroxyl groups is 1. The Bertz CT molecular complexity index is 777. The number of nitrogens with zero attached hydrogens (tertiary/aromatic N) is 1. The number of carbonyl (C=O) groups is 3. The molecule has 1 aliphatic rings. The van der Waals surface area contributed by atoms with Crippen molar-refractivity contribution in [3.05, 3.63) is 26.2 Å². The topological polar surface area (TPSA) is 93.1 Å². The zero-order chi connectivity index (χ0) is 19.4. The Hall–Kier alpha value is -1.75. The zero-order valence-corrected chi connectivity index (χ0v) is 17.4. The van der Waals surface area contributed by atoms with E-state index in [-0.39, 0.29) is 16.8 Å². The highest BCUT2D eigenvalue weighted by atomic mass is 127. The van der Waals surface area contributed by atoms with Gasteiger partial charge in [0, 0.05) is 0 Å². The molecule has 1 saturated heterocycles. The van der Waals surface area contributed by atoms with Crippen LogP contribution in [0.25, 0.3) is 6.08 Å². The number of carbonyl (C=O) groups excluding carboxylic acids is 3. The van der Waals surface area contributed by atoms with Crippen LogP contribution < -0.4 is 4.74 Å². The van der Waals surface area contributed by atoms with E-state index in [1.165, 1.54) is 6.08 Å². The second-order valence-corrected chi connectivity index (χ2v) is 7.74. The maximum absolute atomic E-state index is 12.4. The Labute approximate surface area is 168 Å². The van der Waals surface area contributed by atoms with Gasteiger partial charge in [-0.2, -0.15) is 0 Å². The second-order valence-electron chi connectivity index (χ2n) is 5.59. The van der Waals surface area contributed by atoms with Gasteiger partial charge in [0.25, 0.3) is 11.1 Å². The predicted octanol–water partition coefficient (Wildman–Crippen LogP) is 3.38. The molecular weight excluding hydrogens is 473 g/mol. The van der Waals surface area contributed by atoms with Crippen LogP contribution in [0.3, 0.4) is 0 Å². The standard InChI is InChI=1S/C17H18INO6S/c1-4-24-12-6-10(5-11(18)15(12)21)7-13-16(22)19(17(23)26-13)8-14(20)25-9(2)3/h5-7,9,21H,4,8H2,1-3H3/b13-7+. The third-order valence-corrected chi connectivity index (χ3v) is 4.91. The van der Waals surface area contributed by atoms with Gasteiger partial charge in [-0.05, 0) is 78.9 Å². The number of hydrogen-bond donors (Lipinski definition) is 1. The fourth-order valence-corrected chi connectivity index (χ4v) is 3.62. The number of esters is 1. The number of rotatable bonds is 6. The summed E-state index contributed by atoms with van der Waals surface area (Å²) in [6, 6.07) is 3.25. The normalized spacial score (nSPS) is 15.9. The molecule has 1 N–H and O–H groups in total. The van der Waals surface area contributed by atoms with Crippen molar-refractivity contribution in [2.24, 2.45) is 0 Å². The van der Waals surface area contributed by atoms with E-state index in [0.717, 1.165) is 16.7 Å². The maximum Gasteiger partial charge on any atom is 0.326 e. The molecule has 0 saturated carbocycles. The molecule has 1 aliphatic heterocycles. The van der Waals surface area contributed by atoms with Gasteiger partial charge in [-0.25, -0.2) is 0 Å². The lowest BCUT2D eigenvalue weighted by Gasteiger charge is -2.13. The minimum Gasteiger partial charge on any atom is -0.504 e. The minimum absolute atomic E-state index is 0.0223. The first-order valence-electron chi connectivity index (χ1n) is 7.83. The fraction of sp³-hybridized carbons (Fsp3) is 0.353. The molecule has 1 heterocycles. The third-order valence-electron chi connectivity index (χ3n) is 3.18. The van der Waals surface area contributed by atoms with Gasteiger partial charge in [0.05, 0.1) is 21.2 Å². The van der Waals surface area contributed by atoms with E-state index in [2.05, 4.69) is 0 Å². The van der Waals surface area contributed by atoms with Crippen molar-refractivity contribution in [3.8, 4) is 11.5 Å². The number of hydrogen-bond acceptors (Lipinski definition) is 7. The average Bonchev–Trinajstić information content (AvgIpc) is 2.79. The van der Waals surface area contributed by atoms with Crippen molar-refractivity contribution < 1.29 is 29.0 Å². The average molecular weight is 491 g/mol. The highest BCUT2D eigenvalue weighted by molar-refractivity contribution is 14.1. The molecule has 0 aliphatic carbocycles. The summed E-state index contributed by atoms with van der Waals surface area (Å²) in [6.07, 6.45) is 1.21. The summed E-state index contributed by atoms with van der Waals surface area (Å²) in [5.41, 5.74) is 0.603. The van der Waals surface area contributed by atoms with Crippen molar-refractivity contribution in [3.63, 3.8) is 0 Å². The van der Waals surface area contributed by atoms with Gasteiger partial charge < -0.3 is 14.6 Å². The van der Waals surface area contributed by atoms with E-state index >= 15 is 0 Å². The van der Waals surface area contributed by atoms with Gasteiger partial charge in [-0.15, -0.1) is 0 Å². The molecule has 26 heavy (non-hydrogen) atoms. The van der Waals surface area contributed by atoms with Gasteiger partial charge in [0.15, 0.2) is 11.5 Å². The Balaban J connectivity index is 2.23. The van der Waals surface area contributed by atoms with Gasteiger partial charge in [-0.3, -0.25) is 19.3 Å². The molecule has 140 valence electrons. The Morgan fingerprint density at radius 1 is 1.38 bits per heavy atom. The number of ether oxygens (including phenoxy) is 2. The number of phenolic OH excluding ortho intramolecular Hbond substituents is 1. The molecule has 7 nitrogen and oxygen atoms in total. The first kappa shape index (κ1) is 20.6. The molecule has 0 radical (unpaired) electrons. The molecule has 0 bridgehead atoms. The van der Waals surface area contributed by atoms with E-state index in [1.54, 1.807) is 32.9 Å². The van der Waals surface area contributed by atoms with E-state index in [0.29, 0.717) is 21.5 Å².